The Morgan fingerprint density at radius 2 is 2.00 bits per heavy atom. The minimum Gasteiger partial charge on any atom is -0.388 e. The summed E-state index contributed by atoms with van der Waals surface area (Å²) in [6, 6.07) is 2.64. The maximum atomic E-state index is 11.6. The van der Waals surface area contributed by atoms with Crippen LogP contribution < -0.4 is 4.74 Å². The highest BCUT2D eigenvalue weighted by Crippen LogP contribution is 2.20. The monoisotopic (exact) mass is 289 g/mol. The summed E-state index contributed by atoms with van der Waals surface area (Å²) in [5.41, 5.74) is 0. The van der Waals surface area contributed by atoms with Gasteiger partial charge in [0.15, 0.2) is 0 Å². The molecule has 0 bridgehead atoms. The fraction of sp³-hybridized carbons (Fsp3) is 0.167. The van der Waals surface area contributed by atoms with Crippen LogP contribution in [0.25, 0.3) is 0 Å². The predicted molar refractivity (Wildman–Crippen MR) is 43.6 cm³/mol. The molecular formula is C6H3F3INO. The van der Waals surface area contributed by atoms with Gasteiger partial charge in [0.2, 0.25) is 5.88 Å². The Morgan fingerprint density at radius 3 is 2.42 bits per heavy atom. The largest absolute Gasteiger partial charge is 0.574 e. The second-order valence-corrected chi connectivity index (χ2v) is 3.11. The lowest BCUT2D eigenvalue weighted by Crippen LogP contribution is -2.17. The first-order valence-corrected chi connectivity index (χ1v) is 3.92. The van der Waals surface area contributed by atoms with Gasteiger partial charge in [-0.25, -0.2) is 4.98 Å². The van der Waals surface area contributed by atoms with Crippen LogP contribution in [0, 0.1) is 3.57 Å². The van der Waals surface area contributed by atoms with Crippen LogP contribution in [-0.4, -0.2) is 11.3 Å². The normalized spacial score (nSPS) is 11.3. The Labute approximate surface area is 79.9 Å². The van der Waals surface area contributed by atoms with Crippen LogP contribution in [0.4, 0.5) is 13.2 Å². The van der Waals surface area contributed by atoms with Gasteiger partial charge in [-0.1, -0.05) is 0 Å². The highest BCUT2D eigenvalue weighted by molar-refractivity contribution is 14.1. The summed E-state index contributed by atoms with van der Waals surface area (Å²) in [4.78, 5) is 3.41. The molecule has 0 saturated carbocycles. The molecule has 0 atom stereocenters. The third-order valence-electron chi connectivity index (χ3n) is 0.921. The SMILES string of the molecule is FC(F)(F)Oc1ccc(I)cn1. The molecule has 6 heteroatoms. The van der Waals surface area contributed by atoms with Crippen molar-refractivity contribution in [3.63, 3.8) is 0 Å². The summed E-state index contributed by atoms with van der Waals surface area (Å²) >= 11 is 1.93. The summed E-state index contributed by atoms with van der Waals surface area (Å²) in [6.07, 6.45) is -3.37. The number of rotatable bonds is 1. The van der Waals surface area contributed by atoms with Crippen LogP contribution in [0.1, 0.15) is 0 Å². The van der Waals surface area contributed by atoms with E-state index in [1.165, 1.54) is 12.3 Å². The van der Waals surface area contributed by atoms with Crippen molar-refractivity contribution in [2.24, 2.45) is 0 Å². The smallest absolute Gasteiger partial charge is 0.388 e. The van der Waals surface area contributed by atoms with E-state index in [1.54, 1.807) is 0 Å². The summed E-state index contributed by atoms with van der Waals surface area (Å²) in [5, 5.41) is 0. The van der Waals surface area contributed by atoms with Gasteiger partial charge in [0.05, 0.1) is 0 Å². The lowest BCUT2D eigenvalue weighted by atomic mass is 10.5. The maximum Gasteiger partial charge on any atom is 0.574 e. The molecule has 1 rings (SSSR count). The molecule has 0 N–H and O–H groups in total. The Hall–Kier alpha value is -0.530. The van der Waals surface area contributed by atoms with Crippen molar-refractivity contribution in [3.8, 4) is 5.88 Å². The maximum absolute atomic E-state index is 11.6. The molecule has 0 saturated heterocycles. The highest BCUT2D eigenvalue weighted by Gasteiger charge is 2.31. The van der Waals surface area contributed by atoms with Crippen molar-refractivity contribution >= 4 is 22.6 Å². The molecule has 1 aromatic rings. The molecule has 12 heavy (non-hydrogen) atoms. The first-order chi connectivity index (χ1) is 5.47. The van der Waals surface area contributed by atoms with E-state index < -0.39 is 12.2 Å². The third-order valence-corrected chi connectivity index (χ3v) is 1.56. The summed E-state index contributed by atoms with van der Waals surface area (Å²) in [6.45, 7) is 0. The summed E-state index contributed by atoms with van der Waals surface area (Å²) in [7, 11) is 0. The van der Waals surface area contributed by atoms with Crippen LogP contribution in [0.2, 0.25) is 0 Å². The molecule has 1 aromatic heterocycles. The van der Waals surface area contributed by atoms with E-state index in [-0.39, 0.29) is 0 Å². The van der Waals surface area contributed by atoms with Gasteiger partial charge < -0.3 is 4.74 Å². The van der Waals surface area contributed by atoms with Crippen LogP contribution >= 0.6 is 22.6 Å². The number of hydrogen-bond acceptors (Lipinski definition) is 2. The number of pyridine rings is 1. The molecule has 66 valence electrons. The zero-order valence-electron chi connectivity index (χ0n) is 5.60. The van der Waals surface area contributed by atoms with Gasteiger partial charge >= 0.3 is 6.36 Å². The van der Waals surface area contributed by atoms with Crippen LogP contribution in [0.3, 0.4) is 0 Å². The number of halogens is 4. The minimum atomic E-state index is -4.67. The molecule has 0 aliphatic heterocycles. The van der Waals surface area contributed by atoms with Crippen molar-refractivity contribution in [2.75, 3.05) is 0 Å². The fourth-order valence-electron chi connectivity index (χ4n) is 0.541. The zero-order valence-corrected chi connectivity index (χ0v) is 7.76. The number of alkyl halides is 3. The molecule has 2 nitrogen and oxygen atoms in total. The summed E-state index contributed by atoms with van der Waals surface area (Å²) < 4.78 is 39.0. The van der Waals surface area contributed by atoms with Crippen molar-refractivity contribution in [3.05, 3.63) is 21.9 Å². The second-order valence-electron chi connectivity index (χ2n) is 1.86. The zero-order chi connectivity index (χ0) is 9.19. The molecule has 0 amide bonds. The predicted octanol–water partition coefficient (Wildman–Crippen LogP) is 2.58. The van der Waals surface area contributed by atoms with Gasteiger partial charge in [-0.3, -0.25) is 0 Å². The van der Waals surface area contributed by atoms with Crippen LogP contribution in [-0.2, 0) is 0 Å². The Balaban J connectivity index is 2.71. The third kappa shape index (κ3) is 3.24. The topological polar surface area (TPSA) is 22.1 Å². The lowest BCUT2D eigenvalue weighted by molar-refractivity contribution is -0.276. The number of hydrogen-bond donors (Lipinski definition) is 0. The fourth-order valence-corrected chi connectivity index (χ4v) is 0.860. The van der Waals surface area contributed by atoms with Crippen molar-refractivity contribution in [2.45, 2.75) is 6.36 Å². The first-order valence-electron chi connectivity index (χ1n) is 2.85. The van der Waals surface area contributed by atoms with Gasteiger partial charge in [0.25, 0.3) is 0 Å². The average molecular weight is 289 g/mol. The molecular weight excluding hydrogens is 286 g/mol. The molecule has 0 aliphatic carbocycles. The summed E-state index contributed by atoms with van der Waals surface area (Å²) in [5.74, 6) is -0.442. The Bertz CT molecular complexity index is 258. The van der Waals surface area contributed by atoms with Crippen molar-refractivity contribution < 1.29 is 17.9 Å². The highest BCUT2D eigenvalue weighted by atomic mass is 127. The molecule has 0 aliphatic rings. The van der Waals surface area contributed by atoms with E-state index in [2.05, 4.69) is 9.72 Å². The van der Waals surface area contributed by atoms with E-state index in [4.69, 9.17) is 0 Å². The van der Waals surface area contributed by atoms with Gasteiger partial charge in [0.1, 0.15) is 0 Å². The molecule has 0 aromatic carbocycles. The van der Waals surface area contributed by atoms with Gasteiger partial charge in [0, 0.05) is 15.8 Å². The van der Waals surface area contributed by atoms with Gasteiger partial charge in [-0.2, -0.15) is 0 Å². The number of ether oxygens (including phenoxy) is 1. The number of aromatic nitrogens is 1. The standard InChI is InChI=1S/C6H3F3INO/c7-6(8,9)12-5-2-1-4(10)3-11-5/h1-3H. The van der Waals surface area contributed by atoms with Crippen molar-refractivity contribution in [1.82, 2.24) is 4.98 Å². The molecule has 0 unspecified atom stereocenters. The van der Waals surface area contributed by atoms with E-state index in [0.717, 1.165) is 9.64 Å². The van der Waals surface area contributed by atoms with Crippen molar-refractivity contribution in [1.29, 1.82) is 0 Å². The molecule has 1 heterocycles. The quantitative estimate of drug-likeness (QED) is 0.741. The second kappa shape index (κ2) is 3.46. The van der Waals surface area contributed by atoms with Gasteiger partial charge in [-0.05, 0) is 28.7 Å². The number of nitrogens with zero attached hydrogens (tertiary/aromatic N) is 1. The Kier molecular flexibility index (Phi) is 2.76. The van der Waals surface area contributed by atoms with Crippen LogP contribution in [0.5, 0.6) is 5.88 Å². The molecule has 0 spiro atoms. The minimum absolute atomic E-state index is 0.442. The average Bonchev–Trinajstić information content (AvgIpc) is 1.91. The van der Waals surface area contributed by atoms with E-state index >= 15 is 0 Å². The van der Waals surface area contributed by atoms with Crippen LogP contribution in [0.15, 0.2) is 18.3 Å². The van der Waals surface area contributed by atoms with E-state index in [0.29, 0.717) is 0 Å². The Morgan fingerprint density at radius 1 is 1.33 bits per heavy atom. The first kappa shape index (κ1) is 9.56. The van der Waals surface area contributed by atoms with Gasteiger partial charge in [-0.15, -0.1) is 13.2 Å². The molecule has 0 radical (unpaired) electrons. The molecule has 0 fully saturated rings. The lowest BCUT2D eigenvalue weighted by Gasteiger charge is -2.06. The van der Waals surface area contributed by atoms with E-state index in [9.17, 15) is 13.2 Å². The van der Waals surface area contributed by atoms with E-state index in [1.807, 2.05) is 22.6 Å².